The van der Waals surface area contributed by atoms with Crippen LogP contribution in [-0.2, 0) is 6.54 Å². The molecular weight excluding hydrogens is 444 g/mol. The van der Waals surface area contributed by atoms with Crippen molar-refractivity contribution in [3.8, 4) is 0 Å². The molecule has 0 radical (unpaired) electrons. The van der Waals surface area contributed by atoms with Crippen molar-refractivity contribution in [3.05, 3.63) is 64.8 Å². The SMILES string of the molecule is C/C(=C\C(=Nc1ccncc1Br)N1CCN(CCCO)CC1)NCc1cccnc1. The minimum absolute atomic E-state index is 0.244. The van der Waals surface area contributed by atoms with E-state index in [4.69, 9.17) is 10.1 Å². The summed E-state index contributed by atoms with van der Waals surface area (Å²) in [5.41, 5.74) is 3.04. The van der Waals surface area contributed by atoms with Gasteiger partial charge in [-0.2, -0.15) is 0 Å². The molecule has 0 unspecified atom stereocenters. The molecule has 2 aromatic rings. The molecular formula is C22H29BrN6O. The van der Waals surface area contributed by atoms with Gasteiger partial charge < -0.3 is 15.3 Å². The van der Waals surface area contributed by atoms with Crippen LogP contribution in [0.2, 0.25) is 0 Å². The maximum absolute atomic E-state index is 9.07. The Morgan fingerprint density at radius 2 is 2.00 bits per heavy atom. The molecule has 2 N–H and O–H groups in total. The van der Waals surface area contributed by atoms with Gasteiger partial charge in [0, 0.05) is 76.4 Å². The monoisotopic (exact) mass is 472 g/mol. The average Bonchev–Trinajstić information content (AvgIpc) is 2.78. The second-order valence-electron chi connectivity index (χ2n) is 7.25. The lowest BCUT2D eigenvalue weighted by Crippen LogP contribution is -2.48. The topological polar surface area (TPSA) is 76.9 Å². The molecule has 0 atom stereocenters. The van der Waals surface area contributed by atoms with E-state index >= 15 is 0 Å². The number of piperazine rings is 1. The zero-order chi connectivity index (χ0) is 21.2. The van der Waals surface area contributed by atoms with Gasteiger partial charge in [0.15, 0.2) is 0 Å². The van der Waals surface area contributed by atoms with Crippen LogP contribution in [0.25, 0.3) is 0 Å². The quantitative estimate of drug-likeness (QED) is 0.454. The molecule has 0 aromatic carbocycles. The highest BCUT2D eigenvalue weighted by Gasteiger charge is 2.19. The molecule has 0 bridgehead atoms. The second-order valence-corrected chi connectivity index (χ2v) is 8.10. The van der Waals surface area contributed by atoms with Gasteiger partial charge in [0.2, 0.25) is 0 Å². The standard InChI is InChI=1S/C22H29BrN6O/c1-18(26-16-19-4-2-6-24-15-19)14-22(27-21-5-7-25-17-20(21)23)29-11-9-28(10-12-29)8-3-13-30/h2,4-7,14-15,17,26,30H,3,8-13,16H2,1H3/b18-14+,27-22?. The maximum Gasteiger partial charge on any atom is 0.131 e. The van der Waals surface area contributed by atoms with Gasteiger partial charge in [-0.1, -0.05) is 6.07 Å². The molecule has 2 aromatic heterocycles. The van der Waals surface area contributed by atoms with Crippen LogP contribution in [0.1, 0.15) is 18.9 Å². The average molecular weight is 473 g/mol. The number of amidine groups is 1. The van der Waals surface area contributed by atoms with E-state index in [1.807, 2.05) is 18.3 Å². The maximum atomic E-state index is 9.07. The van der Waals surface area contributed by atoms with Gasteiger partial charge in [0.25, 0.3) is 0 Å². The first kappa shape index (κ1) is 22.4. The van der Waals surface area contributed by atoms with Crippen LogP contribution in [0.15, 0.2) is 64.2 Å². The fourth-order valence-electron chi connectivity index (χ4n) is 3.26. The first-order chi connectivity index (χ1) is 14.7. The summed E-state index contributed by atoms with van der Waals surface area (Å²) in [6.45, 7) is 7.70. The van der Waals surface area contributed by atoms with Crippen molar-refractivity contribution < 1.29 is 5.11 Å². The van der Waals surface area contributed by atoms with Crippen LogP contribution in [0, 0.1) is 0 Å². The zero-order valence-electron chi connectivity index (χ0n) is 17.3. The zero-order valence-corrected chi connectivity index (χ0v) is 18.9. The molecule has 7 nitrogen and oxygen atoms in total. The molecule has 3 heterocycles. The Kier molecular flexibility index (Phi) is 8.80. The Morgan fingerprint density at radius 3 is 2.70 bits per heavy atom. The predicted octanol–water partition coefficient (Wildman–Crippen LogP) is 2.96. The van der Waals surface area contributed by atoms with Crippen LogP contribution in [0.4, 0.5) is 5.69 Å². The summed E-state index contributed by atoms with van der Waals surface area (Å²) in [6, 6.07) is 5.91. The van der Waals surface area contributed by atoms with Crippen LogP contribution in [0.5, 0.6) is 0 Å². The van der Waals surface area contributed by atoms with E-state index in [2.05, 4.69) is 60.1 Å². The number of hydrogen-bond acceptors (Lipinski definition) is 6. The van der Waals surface area contributed by atoms with Gasteiger partial charge in [-0.3, -0.25) is 14.9 Å². The first-order valence-corrected chi connectivity index (χ1v) is 11.0. The van der Waals surface area contributed by atoms with Crippen molar-refractivity contribution in [3.63, 3.8) is 0 Å². The number of aliphatic hydroxyl groups is 1. The highest BCUT2D eigenvalue weighted by Crippen LogP contribution is 2.24. The number of allylic oxidation sites excluding steroid dienone is 1. The first-order valence-electron chi connectivity index (χ1n) is 10.2. The fourth-order valence-corrected chi connectivity index (χ4v) is 3.60. The molecule has 3 rings (SSSR count). The Morgan fingerprint density at radius 1 is 1.20 bits per heavy atom. The summed E-state index contributed by atoms with van der Waals surface area (Å²) >= 11 is 3.55. The highest BCUT2D eigenvalue weighted by molar-refractivity contribution is 9.10. The van der Waals surface area contributed by atoms with E-state index in [9.17, 15) is 0 Å². The molecule has 8 heteroatoms. The van der Waals surface area contributed by atoms with Gasteiger partial charge in [-0.25, -0.2) is 4.99 Å². The smallest absolute Gasteiger partial charge is 0.131 e. The lowest BCUT2D eigenvalue weighted by Gasteiger charge is -2.36. The summed E-state index contributed by atoms with van der Waals surface area (Å²) in [5, 5.41) is 12.5. The molecule has 160 valence electrons. The summed E-state index contributed by atoms with van der Waals surface area (Å²) in [7, 11) is 0. The number of aliphatic imine (C=N–C) groups is 1. The number of nitrogens with one attached hydrogen (secondary N) is 1. The second kappa shape index (κ2) is 11.8. The lowest BCUT2D eigenvalue weighted by molar-refractivity contribution is 0.166. The number of halogens is 1. The third-order valence-corrected chi connectivity index (χ3v) is 5.57. The van der Waals surface area contributed by atoms with Crippen molar-refractivity contribution in [1.82, 2.24) is 25.1 Å². The third kappa shape index (κ3) is 6.90. The Balaban J connectivity index is 1.73. The van der Waals surface area contributed by atoms with E-state index in [1.54, 1.807) is 18.6 Å². The Hall–Kier alpha value is -2.29. The molecule has 1 aliphatic rings. The van der Waals surface area contributed by atoms with Crippen molar-refractivity contribution in [2.24, 2.45) is 4.99 Å². The van der Waals surface area contributed by atoms with E-state index in [-0.39, 0.29) is 6.61 Å². The van der Waals surface area contributed by atoms with Crippen LogP contribution < -0.4 is 5.32 Å². The third-order valence-electron chi connectivity index (χ3n) is 4.95. The molecule has 30 heavy (non-hydrogen) atoms. The highest BCUT2D eigenvalue weighted by atomic mass is 79.9. The Labute approximate surface area is 186 Å². The lowest BCUT2D eigenvalue weighted by atomic mass is 10.2. The van der Waals surface area contributed by atoms with Gasteiger partial charge in [0.05, 0.1) is 10.2 Å². The van der Waals surface area contributed by atoms with Gasteiger partial charge >= 0.3 is 0 Å². The van der Waals surface area contributed by atoms with E-state index < -0.39 is 0 Å². The number of hydrogen-bond donors (Lipinski definition) is 2. The molecule has 1 fully saturated rings. The van der Waals surface area contributed by atoms with Gasteiger partial charge in [-0.05, 0) is 53.0 Å². The van der Waals surface area contributed by atoms with E-state index in [0.29, 0.717) is 0 Å². The largest absolute Gasteiger partial charge is 0.396 e. The van der Waals surface area contributed by atoms with E-state index in [1.165, 1.54) is 0 Å². The van der Waals surface area contributed by atoms with Crippen LogP contribution in [0.3, 0.4) is 0 Å². The minimum Gasteiger partial charge on any atom is -0.396 e. The molecule has 0 aliphatic carbocycles. The van der Waals surface area contributed by atoms with Crippen molar-refractivity contribution in [2.75, 3.05) is 39.3 Å². The van der Waals surface area contributed by atoms with E-state index in [0.717, 1.165) is 72.9 Å². The molecule has 1 aliphatic heterocycles. The summed E-state index contributed by atoms with van der Waals surface area (Å²) < 4.78 is 0.874. The summed E-state index contributed by atoms with van der Waals surface area (Å²) in [5.74, 6) is 0.930. The van der Waals surface area contributed by atoms with Gasteiger partial charge in [-0.15, -0.1) is 0 Å². The van der Waals surface area contributed by atoms with Crippen LogP contribution >= 0.6 is 15.9 Å². The summed E-state index contributed by atoms with van der Waals surface area (Å²) in [6.07, 6.45) is 10.1. The number of rotatable bonds is 8. The fraction of sp³-hybridized carbons (Fsp3) is 0.409. The minimum atomic E-state index is 0.244. The van der Waals surface area contributed by atoms with Crippen LogP contribution in [-0.4, -0.2) is 70.0 Å². The number of aliphatic hydroxyl groups excluding tert-OH is 1. The molecule has 1 saturated heterocycles. The Bertz CT molecular complexity index is 850. The normalized spacial score (nSPS) is 16.0. The number of nitrogens with zero attached hydrogens (tertiary/aromatic N) is 5. The summed E-state index contributed by atoms with van der Waals surface area (Å²) in [4.78, 5) is 17.9. The predicted molar refractivity (Wildman–Crippen MR) is 124 cm³/mol. The number of aromatic nitrogens is 2. The molecule has 0 spiro atoms. The van der Waals surface area contributed by atoms with Crippen molar-refractivity contribution in [1.29, 1.82) is 0 Å². The van der Waals surface area contributed by atoms with Crippen molar-refractivity contribution in [2.45, 2.75) is 19.9 Å². The van der Waals surface area contributed by atoms with Crippen molar-refractivity contribution >= 4 is 27.5 Å². The molecule has 0 amide bonds. The molecule has 0 saturated carbocycles. The number of pyridine rings is 2. The van der Waals surface area contributed by atoms with Gasteiger partial charge in [0.1, 0.15) is 5.84 Å².